The van der Waals surface area contributed by atoms with E-state index in [1.165, 1.54) is 37.9 Å². The summed E-state index contributed by atoms with van der Waals surface area (Å²) in [7, 11) is 0. The summed E-state index contributed by atoms with van der Waals surface area (Å²) in [4.78, 5) is 7.47. The Balaban J connectivity index is 1.46. The van der Waals surface area contributed by atoms with Gasteiger partial charge in [-0.1, -0.05) is 37.3 Å². The number of rotatable bonds is 7. The molecule has 2 unspecified atom stereocenters. The number of nitrogens with one attached hydrogen (secondary N) is 2. The summed E-state index contributed by atoms with van der Waals surface area (Å²) in [6.45, 7) is 9.68. The summed E-state index contributed by atoms with van der Waals surface area (Å²) in [5, 5.41) is 6.95. The Kier molecular flexibility index (Phi) is 6.13. The molecule has 0 spiro atoms. The summed E-state index contributed by atoms with van der Waals surface area (Å²) in [5.74, 6) is 2.17. The number of benzene rings is 1. The standard InChI is InChI=1S/C20H32N4/c1-3-21-20(22-13-16(2)18-7-5-4-6-8-18)23-14-17-11-12-24(15-17)19-9-10-19/h4-8,16-17,19H,3,9-15H2,1-2H3,(H2,21,22,23). The van der Waals surface area contributed by atoms with Crippen LogP contribution in [0.4, 0.5) is 0 Å². The Bertz CT molecular complexity index is 524. The van der Waals surface area contributed by atoms with Crippen molar-refractivity contribution in [1.82, 2.24) is 15.5 Å². The highest BCUT2D eigenvalue weighted by atomic mass is 15.2. The number of nitrogens with zero attached hydrogens (tertiary/aromatic N) is 2. The van der Waals surface area contributed by atoms with Crippen LogP contribution in [0.2, 0.25) is 0 Å². The van der Waals surface area contributed by atoms with Gasteiger partial charge >= 0.3 is 0 Å². The number of likely N-dealkylation sites (tertiary alicyclic amines) is 1. The maximum absolute atomic E-state index is 4.80. The van der Waals surface area contributed by atoms with Crippen LogP contribution in [0.1, 0.15) is 44.6 Å². The SMILES string of the molecule is CCNC(=NCC(C)c1ccccc1)NCC1CCN(C2CC2)C1. The van der Waals surface area contributed by atoms with Gasteiger partial charge < -0.3 is 15.5 Å². The lowest BCUT2D eigenvalue weighted by Gasteiger charge is -2.17. The number of hydrogen-bond acceptors (Lipinski definition) is 2. The third kappa shape index (κ3) is 4.97. The van der Waals surface area contributed by atoms with Crippen LogP contribution in [0.5, 0.6) is 0 Å². The van der Waals surface area contributed by atoms with Gasteiger partial charge in [0, 0.05) is 38.1 Å². The second kappa shape index (κ2) is 8.52. The van der Waals surface area contributed by atoms with Crippen LogP contribution < -0.4 is 10.6 Å². The molecule has 0 bridgehead atoms. The largest absolute Gasteiger partial charge is 0.357 e. The third-order valence-corrected chi connectivity index (χ3v) is 5.17. The zero-order chi connectivity index (χ0) is 16.8. The fourth-order valence-electron chi connectivity index (χ4n) is 3.50. The molecule has 1 heterocycles. The Labute approximate surface area is 146 Å². The molecular weight excluding hydrogens is 296 g/mol. The van der Waals surface area contributed by atoms with Gasteiger partial charge in [0.1, 0.15) is 0 Å². The van der Waals surface area contributed by atoms with Gasteiger partial charge in [0.15, 0.2) is 5.96 Å². The van der Waals surface area contributed by atoms with Crippen LogP contribution in [0.15, 0.2) is 35.3 Å². The quantitative estimate of drug-likeness (QED) is 0.597. The molecule has 0 radical (unpaired) electrons. The second-order valence-electron chi connectivity index (χ2n) is 7.29. The van der Waals surface area contributed by atoms with Crippen LogP contribution >= 0.6 is 0 Å². The van der Waals surface area contributed by atoms with Gasteiger partial charge in [-0.05, 0) is 44.2 Å². The molecule has 1 saturated carbocycles. The zero-order valence-corrected chi connectivity index (χ0v) is 15.2. The minimum absolute atomic E-state index is 0.443. The first-order valence-electron chi connectivity index (χ1n) is 9.57. The molecule has 4 heteroatoms. The van der Waals surface area contributed by atoms with Gasteiger partial charge in [-0.3, -0.25) is 4.99 Å². The van der Waals surface area contributed by atoms with Crippen molar-refractivity contribution in [3.8, 4) is 0 Å². The number of guanidine groups is 1. The van der Waals surface area contributed by atoms with Crippen LogP contribution in [0, 0.1) is 5.92 Å². The lowest BCUT2D eigenvalue weighted by molar-refractivity contribution is 0.314. The van der Waals surface area contributed by atoms with E-state index in [0.29, 0.717) is 5.92 Å². The minimum Gasteiger partial charge on any atom is -0.357 e. The molecule has 2 aliphatic rings. The summed E-state index contributed by atoms with van der Waals surface area (Å²) in [5.41, 5.74) is 1.35. The first-order valence-corrected chi connectivity index (χ1v) is 9.57. The van der Waals surface area contributed by atoms with E-state index in [0.717, 1.165) is 37.6 Å². The average molecular weight is 329 g/mol. The normalized spacial score (nSPS) is 23.2. The average Bonchev–Trinajstić information content (AvgIpc) is 3.36. The molecule has 1 aliphatic heterocycles. The van der Waals surface area contributed by atoms with Crippen LogP contribution in [-0.2, 0) is 0 Å². The van der Waals surface area contributed by atoms with Crippen LogP contribution in [0.25, 0.3) is 0 Å². The predicted molar refractivity (Wildman–Crippen MR) is 102 cm³/mol. The van der Waals surface area contributed by atoms with Gasteiger partial charge in [-0.15, -0.1) is 0 Å². The fourth-order valence-corrected chi connectivity index (χ4v) is 3.50. The van der Waals surface area contributed by atoms with Crippen LogP contribution in [0.3, 0.4) is 0 Å². The lowest BCUT2D eigenvalue weighted by atomic mass is 10.0. The summed E-state index contributed by atoms with van der Waals surface area (Å²) < 4.78 is 0. The molecule has 1 saturated heterocycles. The molecule has 2 fully saturated rings. The lowest BCUT2D eigenvalue weighted by Crippen LogP contribution is -2.40. The van der Waals surface area contributed by atoms with E-state index in [4.69, 9.17) is 4.99 Å². The van der Waals surface area contributed by atoms with Crippen molar-refractivity contribution in [2.75, 3.05) is 32.7 Å². The van der Waals surface area contributed by atoms with E-state index in [1.54, 1.807) is 0 Å². The highest BCUT2D eigenvalue weighted by molar-refractivity contribution is 5.79. The van der Waals surface area contributed by atoms with Gasteiger partial charge in [-0.2, -0.15) is 0 Å². The molecule has 132 valence electrons. The van der Waals surface area contributed by atoms with Gasteiger partial charge in [0.05, 0.1) is 0 Å². The molecule has 24 heavy (non-hydrogen) atoms. The molecule has 1 aromatic carbocycles. The smallest absolute Gasteiger partial charge is 0.191 e. The van der Waals surface area contributed by atoms with Gasteiger partial charge in [0.2, 0.25) is 0 Å². The van der Waals surface area contributed by atoms with E-state index in [-0.39, 0.29) is 0 Å². The Morgan fingerprint density at radius 2 is 2.00 bits per heavy atom. The molecule has 2 atom stereocenters. The predicted octanol–water partition coefficient (Wildman–Crippen LogP) is 2.83. The highest BCUT2D eigenvalue weighted by Crippen LogP contribution is 2.31. The van der Waals surface area contributed by atoms with E-state index in [1.807, 2.05) is 0 Å². The minimum atomic E-state index is 0.443. The maximum atomic E-state index is 4.80. The molecule has 2 N–H and O–H groups in total. The Morgan fingerprint density at radius 3 is 2.71 bits per heavy atom. The Morgan fingerprint density at radius 1 is 1.21 bits per heavy atom. The first-order chi connectivity index (χ1) is 11.8. The molecule has 1 aliphatic carbocycles. The van der Waals surface area contributed by atoms with Gasteiger partial charge in [-0.25, -0.2) is 0 Å². The molecule has 0 aromatic heterocycles. The summed E-state index contributed by atoms with van der Waals surface area (Å²) in [6.07, 6.45) is 4.16. The monoisotopic (exact) mass is 328 g/mol. The highest BCUT2D eigenvalue weighted by Gasteiger charge is 2.34. The van der Waals surface area contributed by atoms with E-state index in [9.17, 15) is 0 Å². The Hall–Kier alpha value is -1.55. The molecular formula is C20H32N4. The molecule has 1 aromatic rings. The number of aliphatic imine (C=N–C) groups is 1. The van der Waals surface area contributed by atoms with Crippen molar-refractivity contribution in [2.24, 2.45) is 10.9 Å². The third-order valence-electron chi connectivity index (χ3n) is 5.17. The van der Waals surface area contributed by atoms with Crippen molar-refractivity contribution >= 4 is 5.96 Å². The van der Waals surface area contributed by atoms with E-state index >= 15 is 0 Å². The van der Waals surface area contributed by atoms with Crippen molar-refractivity contribution in [3.05, 3.63) is 35.9 Å². The fraction of sp³-hybridized carbons (Fsp3) is 0.650. The van der Waals surface area contributed by atoms with Crippen molar-refractivity contribution < 1.29 is 0 Å². The van der Waals surface area contributed by atoms with Crippen molar-refractivity contribution in [1.29, 1.82) is 0 Å². The van der Waals surface area contributed by atoms with Crippen molar-refractivity contribution in [3.63, 3.8) is 0 Å². The van der Waals surface area contributed by atoms with Crippen LogP contribution in [-0.4, -0.2) is 49.6 Å². The molecule has 0 amide bonds. The summed E-state index contributed by atoms with van der Waals surface area (Å²) >= 11 is 0. The van der Waals surface area contributed by atoms with E-state index in [2.05, 4.69) is 59.7 Å². The molecule has 4 nitrogen and oxygen atoms in total. The van der Waals surface area contributed by atoms with E-state index < -0.39 is 0 Å². The summed E-state index contributed by atoms with van der Waals surface area (Å²) in [6, 6.07) is 11.5. The van der Waals surface area contributed by atoms with Gasteiger partial charge in [0.25, 0.3) is 0 Å². The van der Waals surface area contributed by atoms with Crippen molar-refractivity contribution in [2.45, 2.75) is 45.1 Å². The second-order valence-corrected chi connectivity index (χ2v) is 7.29. The zero-order valence-electron chi connectivity index (χ0n) is 15.2. The topological polar surface area (TPSA) is 39.7 Å². The first kappa shape index (κ1) is 17.3. The number of hydrogen-bond donors (Lipinski definition) is 2. The molecule has 3 rings (SSSR count). The maximum Gasteiger partial charge on any atom is 0.191 e.